The van der Waals surface area contributed by atoms with Crippen LogP contribution in [-0.2, 0) is 5.41 Å². The third kappa shape index (κ3) is 1.05. The predicted octanol–water partition coefficient (Wildman–Crippen LogP) is 3.33. The van der Waals surface area contributed by atoms with E-state index < -0.39 is 0 Å². The highest BCUT2D eigenvalue weighted by atomic mass is 35.5. The molecule has 0 saturated carbocycles. The summed E-state index contributed by atoms with van der Waals surface area (Å²) in [5.74, 6) is 0. The van der Waals surface area contributed by atoms with Crippen LogP contribution in [0.1, 0.15) is 19.4 Å². The van der Waals surface area contributed by atoms with E-state index in [0.29, 0.717) is 0 Å². The van der Waals surface area contributed by atoms with Crippen LogP contribution in [0.25, 0.3) is 0 Å². The van der Waals surface area contributed by atoms with Crippen molar-refractivity contribution in [2.75, 3.05) is 0 Å². The van der Waals surface area contributed by atoms with Gasteiger partial charge in [0.25, 0.3) is 0 Å². The summed E-state index contributed by atoms with van der Waals surface area (Å²) in [6.45, 7) is 4.30. The summed E-state index contributed by atoms with van der Waals surface area (Å²) >= 11 is 5.84. The fraction of sp³-hybridized carbons (Fsp3) is 0.300. The molecule has 2 rings (SSSR count). The Kier molecular flexibility index (Phi) is 1.52. The van der Waals surface area contributed by atoms with Crippen LogP contribution in [-0.4, -0.2) is 6.21 Å². The molecule has 0 N–H and O–H groups in total. The van der Waals surface area contributed by atoms with Gasteiger partial charge in [0, 0.05) is 16.7 Å². The van der Waals surface area contributed by atoms with Gasteiger partial charge in [0.05, 0.1) is 5.69 Å². The first-order valence-electron chi connectivity index (χ1n) is 3.95. The molecular formula is C10H10ClN. The molecule has 1 heterocycles. The molecule has 0 bridgehead atoms. The number of benzene rings is 1. The lowest BCUT2D eigenvalue weighted by atomic mass is 9.87. The van der Waals surface area contributed by atoms with Crippen molar-refractivity contribution < 1.29 is 0 Å². The highest BCUT2D eigenvalue weighted by molar-refractivity contribution is 6.30. The zero-order valence-electron chi connectivity index (χ0n) is 7.13. The van der Waals surface area contributed by atoms with Crippen molar-refractivity contribution in [3.63, 3.8) is 0 Å². The lowest BCUT2D eigenvalue weighted by Crippen LogP contribution is -2.14. The number of aliphatic imine (C=N–C) groups is 1. The molecule has 0 atom stereocenters. The van der Waals surface area contributed by atoms with E-state index >= 15 is 0 Å². The van der Waals surface area contributed by atoms with E-state index in [0.717, 1.165) is 10.7 Å². The Balaban J connectivity index is 2.62. The molecule has 62 valence electrons. The molecule has 0 aliphatic carbocycles. The Bertz CT molecular complexity index is 353. The molecule has 1 aromatic rings. The summed E-state index contributed by atoms with van der Waals surface area (Å²) in [5, 5.41) is 0.753. The third-order valence-electron chi connectivity index (χ3n) is 2.18. The molecule has 1 nitrogen and oxygen atoms in total. The minimum atomic E-state index is 0.0694. The molecule has 1 aromatic carbocycles. The fourth-order valence-corrected chi connectivity index (χ4v) is 1.62. The van der Waals surface area contributed by atoms with E-state index in [-0.39, 0.29) is 5.41 Å². The number of rotatable bonds is 0. The second kappa shape index (κ2) is 2.33. The van der Waals surface area contributed by atoms with Crippen molar-refractivity contribution in [3.8, 4) is 0 Å². The van der Waals surface area contributed by atoms with Crippen LogP contribution in [0.2, 0.25) is 5.02 Å². The van der Waals surface area contributed by atoms with Gasteiger partial charge in [-0.15, -0.1) is 0 Å². The van der Waals surface area contributed by atoms with Crippen molar-refractivity contribution in [1.82, 2.24) is 0 Å². The highest BCUT2D eigenvalue weighted by Crippen LogP contribution is 2.37. The third-order valence-corrected chi connectivity index (χ3v) is 2.42. The van der Waals surface area contributed by atoms with Crippen LogP contribution in [0.15, 0.2) is 23.2 Å². The summed E-state index contributed by atoms with van der Waals surface area (Å²) in [4.78, 5) is 4.30. The van der Waals surface area contributed by atoms with Crippen molar-refractivity contribution in [2.45, 2.75) is 19.3 Å². The predicted molar refractivity (Wildman–Crippen MR) is 52.6 cm³/mol. The number of halogens is 1. The van der Waals surface area contributed by atoms with Gasteiger partial charge in [-0.3, -0.25) is 4.99 Å². The van der Waals surface area contributed by atoms with Crippen LogP contribution in [0.3, 0.4) is 0 Å². The smallest absolute Gasteiger partial charge is 0.0682 e. The standard InChI is InChI=1S/C10H10ClN/c1-10(2)6-12-9-5-7(11)3-4-8(9)10/h3-6H,1-2H3. The highest BCUT2D eigenvalue weighted by Gasteiger charge is 2.25. The topological polar surface area (TPSA) is 12.4 Å². The van der Waals surface area contributed by atoms with Gasteiger partial charge in [0.2, 0.25) is 0 Å². The molecule has 0 amide bonds. The van der Waals surface area contributed by atoms with E-state index in [2.05, 4.69) is 18.8 Å². The van der Waals surface area contributed by atoms with E-state index in [1.807, 2.05) is 24.4 Å². The minimum absolute atomic E-state index is 0.0694. The van der Waals surface area contributed by atoms with Gasteiger partial charge < -0.3 is 0 Å². The average molecular weight is 180 g/mol. The maximum absolute atomic E-state index is 5.84. The summed E-state index contributed by atoms with van der Waals surface area (Å²) < 4.78 is 0. The maximum Gasteiger partial charge on any atom is 0.0682 e. The van der Waals surface area contributed by atoms with Gasteiger partial charge in [-0.05, 0) is 17.7 Å². The summed E-state index contributed by atoms with van der Waals surface area (Å²) in [6.07, 6.45) is 1.97. The largest absolute Gasteiger partial charge is 0.260 e. The second-order valence-electron chi connectivity index (χ2n) is 3.64. The first kappa shape index (κ1) is 7.81. The molecule has 1 aliphatic heterocycles. The van der Waals surface area contributed by atoms with Crippen molar-refractivity contribution in [3.05, 3.63) is 28.8 Å². The fourth-order valence-electron chi connectivity index (χ4n) is 1.46. The van der Waals surface area contributed by atoms with Gasteiger partial charge in [0.15, 0.2) is 0 Å². The van der Waals surface area contributed by atoms with Crippen LogP contribution in [0, 0.1) is 0 Å². The molecule has 0 radical (unpaired) electrons. The van der Waals surface area contributed by atoms with E-state index in [1.165, 1.54) is 5.56 Å². The SMILES string of the molecule is CC1(C)C=Nc2cc(Cl)ccc21. The summed E-state index contributed by atoms with van der Waals surface area (Å²) in [5.41, 5.74) is 2.33. The average Bonchev–Trinajstić information content (AvgIpc) is 2.27. The number of nitrogens with zero attached hydrogens (tertiary/aromatic N) is 1. The van der Waals surface area contributed by atoms with Crippen molar-refractivity contribution in [1.29, 1.82) is 0 Å². The van der Waals surface area contributed by atoms with Crippen LogP contribution >= 0.6 is 11.6 Å². The first-order valence-corrected chi connectivity index (χ1v) is 4.33. The van der Waals surface area contributed by atoms with Crippen molar-refractivity contribution >= 4 is 23.5 Å². The van der Waals surface area contributed by atoms with Crippen LogP contribution in [0.4, 0.5) is 5.69 Å². The lowest BCUT2D eigenvalue weighted by molar-refractivity contribution is 0.753. The lowest BCUT2D eigenvalue weighted by Gasteiger charge is -2.14. The molecule has 0 fully saturated rings. The Morgan fingerprint density at radius 2 is 2.08 bits per heavy atom. The van der Waals surface area contributed by atoms with Gasteiger partial charge in [0.1, 0.15) is 0 Å². The Morgan fingerprint density at radius 1 is 1.33 bits per heavy atom. The number of fused-ring (bicyclic) bond motifs is 1. The first-order chi connectivity index (χ1) is 5.59. The van der Waals surface area contributed by atoms with E-state index in [9.17, 15) is 0 Å². The molecule has 0 unspecified atom stereocenters. The Labute approximate surface area is 77.1 Å². The van der Waals surface area contributed by atoms with Crippen LogP contribution in [0.5, 0.6) is 0 Å². The normalized spacial score (nSPS) is 17.9. The number of hydrogen-bond acceptors (Lipinski definition) is 1. The molecule has 0 spiro atoms. The molecule has 1 aliphatic rings. The van der Waals surface area contributed by atoms with Crippen LogP contribution < -0.4 is 0 Å². The van der Waals surface area contributed by atoms with E-state index in [1.54, 1.807) is 0 Å². The summed E-state index contributed by atoms with van der Waals surface area (Å²) in [6, 6.07) is 5.86. The second-order valence-corrected chi connectivity index (χ2v) is 4.08. The Morgan fingerprint density at radius 3 is 2.83 bits per heavy atom. The van der Waals surface area contributed by atoms with Gasteiger partial charge in [-0.1, -0.05) is 31.5 Å². The summed E-state index contributed by atoms with van der Waals surface area (Å²) in [7, 11) is 0. The van der Waals surface area contributed by atoms with E-state index in [4.69, 9.17) is 11.6 Å². The molecule has 2 heteroatoms. The molecular weight excluding hydrogens is 170 g/mol. The zero-order valence-corrected chi connectivity index (χ0v) is 7.89. The van der Waals surface area contributed by atoms with Crippen molar-refractivity contribution in [2.24, 2.45) is 4.99 Å². The molecule has 12 heavy (non-hydrogen) atoms. The minimum Gasteiger partial charge on any atom is -0.260 e. The quantitative estimate of drug-likeness (QED) is 0.579. The monoisotopic (exact) mass is 179 g/mol. The zero-order chi connectivity index (χ0) is 8.77. The van der Waals surface area contributed by atoms with Gasteiger partial charge in [-0.2, -0.15) is 0 Å². The maximum atomic E-state index is 5.84. The molecule has 0 aromatic heterocycles. The van der Waals surface area contributed by atoms with Gasteiger partial charge in [-0.25, -0.2) is 0 Å². The number of hydrogen-bond donors (Lipinski definition) is 0. The van der Waals surface area contributed by atoms with Gasteiger partial charge >= 0.3 is 0 Å². The Hall–Kier alpha value is -0.820. The molecule has 0 saturated heterocycles.